The summed E-state index contributed by atoms with van der Waals surface area (Å²) in [6.07, 6.45) is 4.56. The fraction of sp³-hybridized carbons (Fsp3) is 0.882. The Kier molecular flexibility index (Phi) is 10.5. The molecule has 6 heteroatoms. The zero-order chi connectivity index (χ0) is 16.7. The minimum absolute atomic E-state index is 0. The molecule has 2 N–H and O–H groups in total. The topological polar surface area (TPSA) is 78.6 Å². The van der Waals surface area contributed by atoms with E-state index >= 15 is 0 Å². The highest BCUT2D eigenvalue weighted by atomic mass is 35.5. The minimum atomic E-state index is -0.575. The molecular formula is C17H32ClNO4. The molecule has 1 fully saturated rings. The van der Waals surface area contributed by atoms with Gasteiger partial charge >= 0.3 is 11.9 Å². The lowest BCUT2D eigenvalue weighted by Gasteiger charge is -2.31. The standard InChI is InChI=1S/C17H31NO4.ClH/c1-5-6-8-13-12(4)21-17(20)14(18)9-7-10-15(13)22-16(19)11(2)3;/h11-15H,5-10,18H2,1-4H3;1H/t12-,13-,14-,15-;/m0./s1. The predicted molar refractivity (Wildman–Crippen MR) is 92.4 cm³/mol. The van der Waals surface area contributed by atoms with Gasteiger partial charge in [0, 0.05) is 5.92 Å². The molecule has 23 heavy (non-hydrogen) atoms. The molecule has 0 amide bonds. The van der Waals surface area contributed by atoms with Gasteiger partial charge in [0.15, 0.2) is 0 Å². The van der Waals surface area contributed by atoms with E-state index < -0.39 is 6.04 Å². The van der Waals surface area contributed by atoms with Crippen LogP contribution in [0.1, 0.15) is 66.2 Å². The van der Waals surface area contributed by atoms with Crippen LogP contribution in [-0.4, -0.2) is 30.2 Å². The van der Waals surface area contributed by atoms with Crippen molar-refractivity contribution in [3.05, 3.63) is 0 Å². The molecule has 1 saturated heterocycles. The van der Waals surface area contributed by atoms with Gasteiger partial charge in [0.25, 0.3) is 0 Å². The lowest BCUT2D eigenvalue weighted by Crippen LogP contribution is -2.39. The number of cyclic esters (lactones) is 1. The number of unbranched alkanes of at least 4 members (excludes halogenated alkanes) is 1. The molecule has 0 unspecified atom stereocenters. The number of hydrogen-bond acceptors (Lipinski definition) is 5. The Bertz CT molecular complexity index is 376. The molecule has 5 nitrogen and oxygen atoms in total. The highest BCUT2D eigenvalue weighted by molar-refractivity contribution is 5.85. The zero-order valence-corrected chi connectivity index (χ0v) is 15.6. The lowest BCUT2D eigenvalue weighted by atomic mass is 9.88. The molecule has 0 aromatic heterocycles. The highest BCUT2D eigenvalue weighted by Gasteiger charge is 2.34. The van der Waals surface area contributed by atoms with Crippen LogP contribution in [-0.2, 0) is 19.1 Å². The molecule has 1 aliphatic heterocycles. The largest absolute Gasteiger partial charge is 0.462 e. The molecule has 136 valence electrons. The smallest absolute Gasteiger partial charge is 0.323 e. The molecule has 0 radical (unpaired) electrons. The predicted octanol–water partition coefficient (Wildman–Crippen LogP) is 3.23. The fourth-order valence-corrected chi connectivity index (χ4v) is 2.82. The number of carbonyl (C=O) groups excluding carboxylic acids is 2. The van der Waals surface area contributed by atoms with Crippen LogP contribution in [0.3, 0.4) is 0 Å². The third kappa shape index (κ3) is 7.08. The highest BCUT2D eigenvalue weighted by Crippen LogP contribution is 2.28. The first-order valence-corrected chi connectivity index (χ1v) is 8.53. The van der Waals surface area contributed by atoms with Crippen molar-refractivity contribution in [3.63, 3.8) is 0 Å². The van der Waals surface area contributed by atoms with Gasteiger partial charge in [0.05, 0.1) is 5.92 Å². The van der Waals surface area contributed by atoms with Gasteiger partial charge in [0.2, 0.25) is 0 Å². The summed E-state index contributed by atoms with van der Waals surface area (Å²) >= 11 is 0. The number of carbonyl (C=O) groups is 2. The van der Waals surface area contributed by atoms with Gasteiger partial charge in [-0.1, -0.05) is 33.6 Å². The number of nitrogens with two attached hydrogens (primary N) is 1. The van der Waals surface area contributed by atoms with E-state index in [0.717, 1.165) is 32.1 Å². The van der Waals surface area contributed by atoms with Crippen molar-refractivity contribution in [3.8, 4) is 0 Å². The summed E-state index contributed by atoms with van der Waals surface area (Å²) in [5, 5.41) is 0. The van der Waals surface area contributed by atoms with Gasteiger partial charge < -0.3 is 15.2 Å². The van der Waals surface area contributed by atoms with E-state index in [9.17, 15) is 9.59 Å². The van der Waals surface area contributed by atoms with E-state index in [-0.39, 0.29) is 48.4 Å². The Morgan fingerprint density at radius 2 is 2.04 bits per heavy atom. The average molecular weight is 350 g/mol. The monoisotopic (exact) mass is 349 g/mol. The van der Waals surface area contributed by atoms with Crippen molar-refractivity contribution in [2.75, 3.05) is 0 Å². The molecule has 0 aromatic rings. The van der Waals surface area contributed by atoms with Crippen molar-refractivity contribution in [2.24, 2.45) is 17.6 Å². The Balaban J connectivity index is 0.00000484. The van der Waals surface area contributed by atoms with Crippen LogP contribution in [0.15, 0.2) is 0 Å². The molecule has 0 saturated carbocycles. The van der Waals surface area contributed by atoms with Gasteiger partial charge in [0.1, 0.15) is 18.2 Å². The lowest BCUT2D eigenvalue weighted by molar-refractivity contribution is -0.163. The summed E-state index contributed by atoms with van der Waals surface area (Å²) < 4.78 is 11.2. The maximum absolute atomic E-state index is 12.0. The van der Waals surface area contributed by atoms with Crippen LogP contribution in [0.2, 0.25) is 0 Å². The first kappa shape index (κ1) is 22.2. The van der Waals surface area contributed by atoms with E-state index in [4.69, 9.17) is 15.2 Å². The first-order chi connectivity index (χ1) is 10.4. The normalized spacial score (nSPS) is 28.9. The van der Waals surface area contributed by atoms with Crippen LogP contribution >= 0.6 is 12.4 Å². The number of halogens is 1. The van der Waals surface area contributed by atoms with Crippen LogP contribution in [0.5, 0.6) is 0 Å². The summed E-state index contributed by atoms with van der Waals surface area (Å²) in [5.41, 5.74) is 5.84. The van der Waals surface area contributed by atoms with E-state index in [1.54, 1.807) is 0 Å². The van der Waals surface area contributed by atoms with E-state index in [0.29, 0.717) is 6.42 Å². The SMILES string of the molecule is CCCC[C@H]1[C@H](C)OC(=O)[C@@H](N)CCC[C@@H]1OC(=O)C(C)C.Cl. The van der Waals surface area contributed by atoms with Crippen LogP contribution < -0.4 is 5.73 Å². The second-order valence-electron chi connectivity index (χ2n) is 6.62. The molecule has 1 rings (SSSR count). The molecule has 1 heterocycles. The van der Waals surface area contributed by atoms with Gasteiger partial charge in [-0.05, 0) is 32.6 Å². The van der Waals surface area contributed by atoms with Crippen molar-refractivity contribution in [2.45, 2.75) is 84.5 Å². The Labute approximate surface area is 146 Å². The Hall–Kier alpha value is -0.810. The maximum Gasteiger partial charge on any atom is 0.323 e. The summed E-state index contributed by atoms with van der Waals surface area (Å²) in [7, 11) is 0. The van der Waals surface area contributed by atoms with E-state index in [1.165, 1.54) is 0 Å². The second kappa shape index (κ2) is 10.9. The van der Waals surface area contributed by atoms with Gasteiger partial charge in [-0.3, -0.25) is 9.59 Å². The first-order valence-electron chi connectivity index (χ1n) is 8.53. The fourth-order valence-electron chi connectivity index (χ4n) is 2.82. The quantitative estimate of drug-likeness (QED) is 0.771. The van der Waals surface area contributed by atoms with Crippen molar-refractivity contribution < 1.29 is 19.1 Å². The number of ether oxygens (including phenoxy) is 2. The van der Waals surface area contributed by atoms with Crippen LogP contribution in [0.4, 0.5) is 0 Å². The van der Waals surface area contributed by atoms with E-state index in [2.05, 4.69) is 6.92 Å². The molecule has 4 atom stereocenters. The Morgan fingerprint density at radius 3 is 2.61 bits per heavy atom. The maximum atomic E-state index is 12.0. The summed E-state index contributed by atoms with van der Waals surface area (Å²) in [4.78, 5) is 23.9. The van der Waals surface area contributed by atoms with Crippen molar-refractivity contribution in [1.82, 2.24) is 0 Å². The third-order valence-electron chi connectivity index (χ3n) is 4.32. The Morgan fingerprint density at radius 1 is 1.39 bits per heavy atom. The molecule has 1 aliphatic rings. The van der Waals surface area contributed by atoms with Crippen molar-refractivity contribution >= 4 is 24.3 Å². The van der Waals surface area contributed by atoms with Crippen LogP contribution in [0.25, 0.3) is 0 Å². The summed E-state index contributed by atoms with van der Waals surface area (Å²) in [6, 6.07) is -0.575. The van der Waals surface area contributed by atoms with Crippen molar-refractivity contribution in [1.29, 1.82) is 0 Å². The average Bonchev–Trinajstić information content (AvgIpc) is 2.49. The molecule has 0 spiro atoms. The summed E-state index contributed by atoms with van der Waals surface area (Å²) in [6.45, 7) is 7.67. The minimum Gasteiger partial charge on any atom is -0.462 e. The summed E-state index contributed by atoms with van der Waals surface area (Å²) in [5.74, 6) is -0.644. The number of esters is 2. The second-order valence-corrected chi connectivity index (χ2v) is 6.62. The molecular weight excluding hydrogens is 318 g/mol. The van der Waals surface area contributed by atoms with Gasteiger partial charge in [-0.2, -0.15) is 0 Å². The zero-order valence-electron chi connectivity index (χ0n) is 14.7. The van der Waals surface area contributed by atoms with Gasteiger partial charge in [-0.25, -0.2) is 0 Å². The van der Waals surface area contributed by atoms with Crippen LogP contribution in [0, 0.1) is 11.8 Å². The number of rotatable bonds is 5. The third-order valence-corrected chi connectivity index (χ3v) is 4.32. The molecule has 0 aromatic carbocycles. The molecule has 0 bridgehead atoms. The van der Waals surface area contributed by atoms with Gasteiger partial charge in [-0.15, -0.1) is 12.4 Å². The van der Waals surface area contributed by atoms with E-state index in [1.807, 2.05) is 20.8 Å². The number of hydrogen-bond donors (Lipinski definition) is 1. The molecule has 0 aliphatic carbocycles.